The largest absolute Gasteiger partial charge is 0.491 e. The highest BCUT2D eigenvalue weighted by Crippen LogP contribution is 2.51. The maximum atomic E-state index is 17.2. The number of nitrogens with two attached hydrogens (primary N) is 1. The Morgan fingerprint density at radius 2 is 2.11 bits per heavy atom. The summed E-state index contributed by atoms with van der Waals surface area (Å²) in [5.74, 6) is 0.0807. The summed E-state index contributed by atoms with van der Waals surface area (Å²) >= 11 is 8.02. The first-order chi connectivity index (χ1) is 22.3. The van der Waals surface area contributed by atoms with Crippen molar-refractivity contribution in [2.45, 2.75) is 50.6 Å². The minimum Gasteiger partial charge on any atom is -0.491 e. The zero-order valence-electron chi connectivity index (χ0n) is 25.5. The van der Waals surface area contributed by atoms with Crippen molar-refractivity contribution in [3.63, 3.8) is 0 Å². The van der Waals surface area contributed by atoms with E-state index in [-0.39, 0.29) is 65.7 Å². The van der Waals surface area contributed by atoms with Crippen LogP contribution in [0.2, 0.25) is 5.02 Å². The summed E-state index contributed by atoms with van der Waals surface area (Å²) in [7, 11) is 0. The van der Waals surface area contributed by atoms with E-state index in [0.717, 1.165) is 63.2 Å². The van der Waals surface area contributed by atoms with Crippen LogP contribution in [0, 0.1) is 28.9 Å². The standard InChI is InChI=1S/C33H34ClF2N7O2S/c1-17-13-33(7-2-10-42(33)15-17)16-45-32-40-27-24-28(44-12-6-18-5-8-39-9-11-43(18)31(24)41-32)25(34)23(26(27)36)19-3-4-21(35)29-22(19)20(14-37)30(38)46-29/h3-4,17-18,39H,2,5-13,15-16,38H2,1H3/t17-,18?,33+/m1/s1. The third kappa shape index (κ3) is 4.58. The van der Waals surface area contributed by atoms with Crippen molar-refractivity contribution in [3.05, 3.63) is 34.4 Å². The number of nitrogens with one attached hydrogen (secondary N) is 1. The predicted octanol–water partition coefficient (Wildman–Crippen LogP) is 6.10. The fourth-order valence-electron chi connectivity index (χ4n) is 8.22. The lowest BCUT2D eigenvalue weighted by molar-refractivity contribution is 0.107. The third-order valence-electron chi connectivity index (χ3n) is 10.2. The first-order valence-corrected chi connectivity index (χ1v) is 17.1. The number of thiophene rings is 1. The Hall–Kier alpha value is -3.50. The van der Waals surface area contributed by atoms with Gasteiger partial charge in [0.1, 0.15) is 34.8 Å². The van der Waals surface area contributed by atoms with Gasteiger partial charge in [0.15, 0.2) is 11.6 Å². The molecule has 0 radical (unpaired) electrons. The molecule has 2 aromatic heterocycles. The summed E-state index contributed by atoms with van der Waals surface area (Å²) in [6.07, 6.45) is 4.76. The van der Waals surface area contributed by atoms with Gasteiger partial charge in [0, 0.05) is 43.0 Å². The van der Waals surface area contributed by atoms with Crippen LogP contribution >= 0.6 is 22.9 Å². The average molecular weight is 666 g/mol. The molecule has 46 heavy (non-hydrogen) atoms. The molecule has 8 rings (SSSR count). The molecule has 0 spiro atoms. The van der Waals surface area contributed by atoms with Crippen LogP contribution in [0.1, 0.15) is 44.6 Å². The van der Waals surface area contributed by atoms with E-state index in [1.165, 1.54) is 12.1 Å². The van der Waals surface area contributed by atoms with E-state index in [0.29, 0.717) is 43.3 Å². The van der Waals surface area contributed by atoms with Crippen molar-refractivity contribution in [2.24, 2.45) is 5.92 Å². The lowest BCUT2D eigenvalue weighted by Crippen LogP contribution is -2.43. The van der Waals surface area contributed by atoms with Crippen molar-refractivity contribution in [1.82, 2.24) is 20.2 Å². The highest BCUT2D eigenvalue weighted by Gasteiger charge is 2.48. The molecule has 0 saturated carbocycles. The summed E-state index contributed by atoms with van der Waals surface area (Å²) < 4.78 is 45.1. The monoisotopic (exact) mass is 665 g/mol. The lowest BCUT2D eigenvalue weighted by atomic mass is 9.92. The number of rotatable bonds is 4. The molecule has 1 unspecified atom stereocenters. The molecule has 4 aliphatic rings. The lowest BCUT2D eigenvalue weighted by Gasteiger charge is -2.35. The maximum Gasteiger partial charge on any atom is 0.319 e. The zero-order chi connectivity index (χ0) is 31.7. The molecular weight excluding hydrogens is 632 g/mol. The number of anilines is 2. The summed E-state index contributed by atoms with van der Waals surface area (Å²) in [5.41, 5.74) is 6.34. The van der Waals surface area contributed by atoms with Crippen LogP contribution in [0.4, 0.5) is 19.6 Å². The number of fused-ring (bicyclic) bond motifs is 4. The van der Waals surface area contributed by atoms with Gasteiger partial charge in [-0.25, -0.2) is 8.78 Å². The molecule has 6 heterocycles. The van der Waals surface area contributed by atoms with Gasteiger partial charge in [0.25, 0.3) is 0 Å². The first kappa shape index (κ1) is 29.9. The number of benzene rings is 2. The number of nitrogen functional groups attached to an aromatic ring is 1. The Morgan fingerprint density at radius 3 is 2.96 bits per heavy atom. The van der Waals surface area contributed by atoms with Crippen LogP contribution in [-0.4, -0.2) is 72.4 Å². The van der Waals surface area contributed by atoms with Crippen LogP contribution < -0.4 is 25.4 Å². The summed E-state index contributed by atoms with van der Waals surface area (Å²) in [4.78, 5) is 14.4. The molecule has 0 bridgehead atoms. The van der Waals surface area contributed by atoms with E-state index >= 15 is 4.39 Å². The quantitative estimate of drug-likeness (QED) is 0.267. The second kappa shape index (κ2) is 11.3. The maximum absolute atomic E-state index is 17.2. The van der Waals surface area contributed by atoms with E-state index < -0.39 is 11.6 Å². The van der Waals surface area contributed by atoms with E-state index in [1.54, 1.807) is 0 Å². The normalized spacial score (nSPS) is 24.6. The fraction of sp³-hybridized carbons (Fsp3) is 0.485. The second-order valence-corrected chi connectivity index (χ2v) is 14.5. The Morgan fingerprint density at radius 1 is 1.24 bits per heavy atom. The van der Waals surface area contributed by atoms with Gasteiger partial charge in [-0.2, -0.15) is 15.2 Å². The van der Waals surface area contributed by atoms with Crippen molar-refractivity contribution >= 4 is 54.7 Å². The molecule has 4 aromatic rings. The zero-order valence-corrected chi connectivity index (χ0v) is 27.0. The van der Waals surface area contributed by atoms with Gasteiger partial charge in [0.2, 0.25) is 0 Å². The van der Waals surface area contributed by atoms with E-state index in [4.69, 9.17) is 36.8 Å². The van der Waals surface area contributed by atoms with Crippen LogP contribution in [0.5, 0.6) is 11.8 Å². The van der Waals surface area contributed by atoms with Crippen LogP contribution in [-0.2, 0) is 0 Å². The smallest absolute Gasteiger partial charge is 0.319 e. The molecule has 3 fully saturated rings. The molecule has 0 amide bonds. The predicted molar refractivity (Wildman–Crippen MR) is 176 cm³/mol. The third-order valence-corrected chi connectivity index (χ3v) is 11.6. The molecule has 3 N–H and O–H groups in total. The Kier molecular flexibility index (Phi) is 7.36. The Labute approximate surface area is 274 Å². The second-order valence-electron chi connectivity index (χ2n) is 13.0. The Bertz CT molecular complexity index is 1930. The molecular formula is C33H34ClF2N7O2S. The summed E-state index contributed by atoms with van der Waals surface area (Å²) in [6, 6.07) is 4.95. The van der Waals surface area contributed by atoms with Crippen molar-refractivity contribution in [1.29, 1.82) is 5.26 Å². The molecule has 2 aromatic carbocycles. The number of halogens is 3. The van der Waals surface area contributed by atoms with Gasteiger partial charge < -0.3 is 25.4 Å². The number of hydrogen-bond donors (Lipinski definition) is 2. The Balaban J connectivity index is 1.36. The van der Waals surface area contributed by atoms with Gasteiger partial charge in [-0.05, 0) is 56.3 Å². The van der Waals surface area contributed by atoms with Crippen molar-refractivity contribution in [3.8, 4) is 29.0 Å². The van der Waals surface area contributed by atoms with Crippen LogP contribution in [0.25, 0.3) is 32.1 Å². The molecule has 9 nitrogen and oxygen atoms in total. The number of ether oxygens (including phenoxy) is 2. The van der Waals surface area contributed by atoms with Gasteiger partial charge >= 0.3 is 6.01 Å². The van der Waals surface area contributed by atoms with Crippen molar-refractivity contribution in [2.75, 3.05) is 56.6 Å². The molecule has 4 aliphatic heterocycles. The highest BCUT2D eigenvalue weighted by atomic mass is 35.5. The molecule has 0 aliphatic carbocycles. The highest BCUT2D eigenvalue weighted by molar-refractivity contribution is 7.23. The van der Waals surface area contributed by atoms with Crippen LogP contribution in [0.3, 0.4) is 0 Å². The van der Waals surface area contributed by atoms with Gasteiger partial charge in [0.05, 0.1) is 32.8 Å². The summed E-state index contributed by atoms with van der Waals surface area (Å²) in [5, 5.41) is 14.2. The fourth-order valence-corrected chi connectivity index (χ4v) is 9.50. The number of hydrogen-bond acceptors (Lipinski definition) is 10. The van der Waals surface area contributed by atoms with Gasteiger partial charge in [-0.3, -0.25) is 4.90 Å². The molecule has 3 atom stereocenters. The van der Waals surface area contributed by atoms with Gasteiger partial charge in [-0.15, -0.1) is 11.3 Å². The number of aromatic nitrogens is 2. The first-order valence-electron chi connectivity index (χ1n) is 15.9. The average Bonchev–Trinajstić information content (AvgIpc) is 3.61. The number of nitriles is 1. The molecule has 13 heteroatoms. The molecule has 3 saturated heterocycles. The van der Waals surface area contributed by atoms with Crippen molar-refractivity contribution < 1.29 is 18.3 Å². The van der Waals surface area contributed by atoms with Gasteiger partial charge in [-0.1, -0.05) is 24.6 Å². The summed E-state index contributed by atoms with van der Waals surface area (Å²) in [6.45, 7) is 7.36. The minimum absolute atomic E-state index is 0.00649. The van der Waals surface area contributed by atoms with Crippen LogP contribution in [0.15, 0.2) is 12.1 Å². The van der Waals surface area contributed by atoms with E-state index in [2.05, 4.69) is 28.1 Å². The minimum atomic E-state index is -0.720. The van der Waals surface area contributed by atoms with E-state index in [1.807, 2.05) is 0 Å². The van der Waals surface area contributed by atoms with E-state index in [9.17, 15) is 9.65 Å². The topological polar surface area (TPSA) is 113 Å². The SMILES string of the molecule is C[C@H]1CN2CCC[C@@]2(COc2nc3c4c(c(Cl)c(-c5ccc(F)c6sc(N)c(C#N)c56)c(F)c4n2)OCCC2CCNCCN32)C1. The number of nitrogens with zero attached hydrogens (tertiary/aromatic N) is 5. The molecule has 240 valence electrons.